The first-order valence-corrected chi connectivity index (χ1v) is 9.48. The fourth-order valence-corrected chi connectivity index (χ4v) is 4.27. The molecule has 3 heterocycles. The third kappa shape index (κ3) is 2.42. The molecule has 5 rings (SSSR count). The van der Waals surface area contributed by atoms with Crippen molar-refractivity contribution in [1.29, 1.82) is 0 Å². The molecule has 7 heteroatoms. The number of nitrogens with zero attached hydrogens (tertiary/aromatic N) is 3. The minimum Gasteiger partial charge on any atom is -0.357 e. The monoisotopic (exact) mass is 391 g/mol. The van der Waals surface area contributed by atoms with Gasteiger partial charge in [-0.1, -0.05) is 35.9 Å². The van der Waals surface area contributed by atoms with Gasteiger partial charge in [0.2, 0.25) is 6.17 Å². The molecule has 6 nitrogen and oxygen atoms in total. The Morgan fingerprint density at radius 1 is 1.11 bits per heavy atom. The van der Waals surface area contributed by atoms with Crippen LogP contribution in [0.15, 0.2) is 59.6 Å². The van der Waals surface area contributed by atoms with Crippen molar-refractivity contribution >= 4 is 34.5 Å². The van der Waals surface area contributed by atoms with Crippen molar-refractivity contribution in [2.45, 2.75) is 20.0 Å². The number of H-pyrrole nitrogens is 1. The van der Waals surface area contributed by atoms with E-state index in [0.717, 1.165) is 39.6 Å². The van der Waals surface area contributed by atoms with Crippen LogP contribution in [-0.2, 0) is 0 Å². The number of benzene rings is 2. The number of aromatic amines is 1. The van der Waals surface area contributed by atoms with Gasteiger partial charge in [-0.05, 0) is 44.2 Å². The number of nitrogens with one attached hydrogen (secondary N) is 2. The minimum absolute atomic E-state index is 0.269. The summed E-state index contributed by atoms with van der Waals surface area (Å²) in [5.41, 5.74) is 12.4. The topological polar surface area (TPSA) is 75.0 Å². The van der Waals surface area contributed by atoms with Gasteiger partial charge in [0.25, 0.3) is 5.96 Å². The Kier molecular flexibility index (Phi) is 3.70. The summed E-state index contributed by atoms with van der Waals surface area (Å²) in [7, 11) is 0. The van der Waals surface area contributed by atoms with Crippen molar-refractivity contribution in [3.05, 3.63) is 76.6 Å². The lowest BCUT2D eigenvalue weighted by atomic mass is 10.1. The molecule has 140 valence electrons. The second-order valence-electron chi connectivity index (χ2n) is 6.99. The summed E-state index contributed by atoms with van der Waals surface area (Å²) >= 11 is 6.47. The smallest absolute Gasteiger partial charge is 0.357 e. The van der Waals surface area contributed by atoms with E-state index in [1.807, 2.05) is 42.5 Å². The summed E-state index contributed by atoms with van der Waals surface area (Å²) in [5, 5.41) is 3.85. The molecule has 2 aromatic carbocycles. The van der Waals surface area contributed by atoms with Gasteiger partial charge in [-0.2, -0.15) is 4.99 Å². The average Bonchev–Trinajstić information content (AvgIpc) is 3.18. The van der Waals surface area contributed by atoms with E-state index in [0.29, 0.717) is 11.0 Å². The fraction of sp³-hybridized carbons (Fsp3) is 0.143. The SMILES string of the molecule is Cc1cc([C@H]2N=C(N)Nc3[nH]c4ccccc4[n+]32)c(C)n1-c1ccccc1Cl. The minimum atomic E-state index is -0.269. The molecule has 1 atom stereocenters. The number of rotatable bonds is 2. The van der Waals surface area contributed by atoms with E-state index >= 15 is 0 Å². The first kappa shape index (κ1) is 16.9. The van der Waals surface area contributed by atoms with E-state index in [-0.39, 0.29) is 6.17 Å². The standard InChI is InChI=1S/C21H19ClN6/c1-12-11-14(13(2)27(12)17-9-5-3-7-15(17)22)19-25-20(23)26-21-24-16-8-4-6-10-18(16)28(19)21/h3-11,19H,1-2H3,(H3,23,24,25,26)/p+1/t19-/m0/s1. The summed E-state index contributed by atoms with van der Waals surface area (Å²) in [6, 6.07) is 18.2. The quantitative estimate of drug-likeness (QED) is 0.454. The zero-order valence-corrected chi connectivity index (χ0v) is 16.3. The molecule has 0 fully saturated rings. The van der Waals surface area contributed by atoms with Crippen LogP contribution in [0.1, 0.15) is 23.1 Å². The van der Waals surface area contributed by atoms with Gasteiger partial charge in [-0.15, -0.1) is 0 Å². The van der Waals surface area contributed by atoms with E-state index in [1.165, 1.54) is 0 Å². The van der Waals surface area contributed by atoms with Crippen LogP contribution >= 0.6 is 11.6 Å². The molecule has 0 unspecified atom stereocenters. The molecule has 0 amide bonds. The zero-order valence-electron chi connectivity index (χ0n) is 15.6. The largest absolute Gasteiger partial charge is 0.365 e. The predicted molar refractivity (Wildman–Crippen MR) is 112 cm³/mol. The second-order valence-corrected chi connectivity index (χ2v) is 7.39. The Hall–Kier alpha value is -3.25. The van der Waals surface area contributed by atoms with Crippen LogP contribution in [0.25, 0.3) is 16.7 Å². The Labute approximate surface area is 167 Å². The lowest BCUT2D eigenvalue weighted by Gasteiger charge is -2.18. The maximum atomic E-state index is 6.47. The van der Waals surface area contributed by atoms with E-state index in [1.54, 1.807) is 0 Å². The normalized spacial score (nSPS) is 16.0. The number of aliphatic imine (C=N–C) groups is 1. The molecular weight excluding hydrogens is 372 g/mol. The molecule has 0 bridgehead atoms. The van der Waals surface area contributed by atoms with Crippen LogP contribution < -0.4 is 15.6 Å². The number of fused-ring (bicyclic) bond motifs is 3. The number of para-hydroxylation sites is 3. The molecule has 1 aliphatic rings. The van der Waals surface area contributed by atoms with Crippen LogP contribution in [0.4, 0.5) is 5.95 Å². The summed E-state index contributed by atoms with van der Waals surface area (Å²) < 4.78 is 4.31. The molecule has 0 aliphatic carbocycles. The summed E-state index contributed by atoms with van der Waals surface area (Å²) in [6.45, 7) is 4.17. The van der Waals surface area contributed by atoms with Gasteiger partial charge in [0.1, 0.15) is 11.0 Å². The van der Waals surface area contributed by atoms with E-state index in [9.17, 15) is 0 Å². The Morgan fingerprint density at radius 3 is 2.68 bits per heavy atom. The molecule has 2 aromatic heterocycles. The Bertz CT molecular complexity index is 1250. The number of hydrogen-bond donors (Lipinski definition) is 3. The predicted octanol–water partition coefficient (Wildman–Crippen LogP) is 3.80. The van der Waals surface area contributed by atoms with E-state index < -0.39 is 0 Å². The highest BCUT2D eigenvalue weighted by atomic mass is 35.5. The van der Waals surface area contributed by atoms with Crippen molar-refractivity contribution < 1.29 is 4.57 Å². The summed E-state index contributed by atoms with van der Waals surface area (Å²) in [6.07, 6.45) is -0.269. The molecule has 0 saturated heterocycles. The van der Waals surface area contributed by atoms with Crippen molar-refractivity contribution in [3.8, 4) is 5.69 Å². The first-order valence-electron chi connectivity index (χ1n) is 9.11. The average molecular weight is 392 g/mol. The van der Waals surface area contributed by atoms with Crippen LogP contribution in [0.3, 0.4) is 0 Å². The third-order valence-corrected chi connectivity index (χ3v) is 5.57. The van der Waals surface area contributed by atoms with Crippen LogP contribution in [0.2, 0.25) is 5.02 Å². The molecule has 28 heavy (non-hydrogen) atoms. The van der Waals surface area contributed by atoms with Gasteiger partial charge in [0, 0.05) is 17.0 Å². The molecular formula is C21H20ClN6+. The van der Waals surface area contributed by atoms with Crippen LogP contribution in [0, 0.1) is 13.8 Å². The number of hydrogen-bond acceptors (Lipinski definition) is 3. The number of anilines is 1. The number of nitrogens with two attached hydrogens (primary N) is 1. The van der Waals surface area contributed by atoms with Gasteiger partial charge < -0.3 is 10.3 Å². The second kappa shape index (κ2) is 6.14. The summed E-state index contributed by atoms with van der Waals surface area (Å²) in [4.78, 5) is 8.12. The van der Waals surface area contributed by atoms with Crippen molar-refractivity contribution in [2.75, 3.05) is 5.32 Å². The lowest BCUT2D eigenvalue weighted by molar-refractivity contribution is -0.674. The molecule has 0 radical (unpaired) electrons. The number of aryl methyl sites for hydroxylation is 1. The van der Waals surface area contributed by atoms with Gasteiger partial charge in [-0.3, -0.25) is 0 Å². The maximum Gasteiger partial charge on any atom is 0.365 e. The number of guanidine groups is 1. The van der Waals surface area contributed by atoms with Gasteiger partial charge in [0.05, 0.1) is 10.7 Å². The van der Waals surface area contributed by atoms with Gasteiger partial charge in [-0.25, -0.2) is 14.9 Å². The summed E-state index contributed by atoms with van der Waals surface area (Å²) in [5.74, 6) is 1.21. The molecule has 0 spiro atoms. The Morgan fingerprint density at radius 2 is 1.86 bits per heavy atom. The highest BCUT2D eigenvalue weighted by molar-refractivity contribution is 6.32. The first-order chi connectivity index (χ1) is 13.5. The van der Waals surface area contributed by atoms with Crippen LogP contribution in [0.5, 0.6) is 0 Å². The van der Waals surface area contributed by atoms with E-state index in [2.05, 4.69) is 45.4 Å². The fourth-order valence-electron chi connectivity index (χ4n) is 4.05. The van der Waals surface area contributed by atoms with E-state index in [4.69, 9.17) is 22.3 Å². The molecule has 4 N–H and O–H groups in total. The van der Waals surface area contributed by atoms with Crippen molar-refractivity contribution in [1.82, 2.24) is 9.55 Å². The molecule has 0 saturated carbocycles. The van der Waals surface area contributed by atoms with Gasteiger partial charge >= 0.3 is 5.95 Å². The third-order valence-electron chi connectivity index (χ3n) is 5.25. The number of halogens is 1. The number of imidazole rings is 1. The van der Waals surface area contributed by atoms with Crippen LogP contribution in [-0.4, -0.2) is 15.5 Å². The molecule has 4 aromatic rings. The lowest BCUT2D eigenvalue weighted by Crippen LogP contribution is -2.48. The van der Waals surface area contributed by atoms with Crippen molar-refractivity contribution in [3.63, 3.8) is 0 Å². The zero-order chi connectivity index (χ0) is 19.4. The highest BCUT2D eigenvalue weighted by Gasteiger charge is 2.33. The molecule has 1 aliphatic heterocycles. The number of aromatic nitrogens is 3. The Balaban J connectivity index is 1.74. The maximum absolute atomic E-state index is 6.47. The highest BCUT2D eigenvalue weighted by Crippen LogP contribution is 2.31. The van der Waals surface area contributed by atoms with Gasteiger partial charge in [0.15, 0.2) is 0 Å². The van der Waals surface area contributed by atoms with Crippen molar-refractivity contribution in [2.24, 2.45) is 10.7 Å².